The van der Waals surface area contributed by atoms with Crippen LogP contribution in [0.3, 0.4) is 0 Å². The van der Waals surface area contributed by atoms with Gasteiger partial charge in [-0.15, -0.1) is 35.3 Å². The zero-order chi connectivity index (χ0) is 20.1. The van der Waals surface area contributed by atoms with Gasteiger partial charge >= 0.3 is 0 Å². The third-order valence-corrected chi connectivity index (χ3v) is 6.82. The molecule has 2 aromatic rings. The van der Waals surface area contributed by atoms with Crippen LogP contribution in [-0.4, -0.2) is 68.9 Å². The van der Waals surface area contributed by atoms with Gasteiger partial charge in [-0.1, -0.05) is 12.1 Å². The Labute approximate surface area is 199 Å². The Kier molecular flexibility index (Phi) is 8.18. The highest BCUT2D eigenvalue weighted by molar-refractivity contribution is 14.0. The van der Waals surface area contributed by atoms with Crippen molar-refractivity contribution in [1.82, 2.24) is 9.88 Å². The average molecular weight is 543 g/mol. The predicted octanol–water partition coefficient (Wildman–Crippen LogP) is 2.95. The van der Waals surface area contributed by atoms with E-state index in [0.29, 0.717) is 12.5 Å². The van der Waals surface area contributed by atoms with E-state index in [4.69, 9.17) is 20.2 Å². The number of hydrogen-bond acceptors (Lipinski definition) is 6. The number of methoxy groups -OCH3 is 1. The van der Waals surface area contributed by atoms with E-state index < -0.39 is 0 Å². The smallest absolute Gasteiger partial charge is 0.191 e. The monoisotopic (exact) mass is 543 g/mol. The van der Waals surface area contributed by atoms with E-state index in [-0.39, 0.29) is 29.4 Å². The van der Waals surface area contributed by atoms with E-state index in [1.807, 2.05) is 23.7 Å². The third-order valence-electron chi connectivity index (χ3n) is 5.99. The first-order valence-electron chi connectivity index (χ1n) is 10.1. The summed E-state index contributed by atoms with van der Waals surface area (Å²) in [5, 5.41) is 3.10. The first kappa shape index (κ1) is 23.1. The lowest BCUT2D eigenvalue weighted by Gasteiger charge is -2.38. The van der Waals surface area contributed by atoms with E-state index in [2.05, 4.69) is 26.9 Å². The molecule has 7 nitrogen and oxygen atoms in total. The maximum absolute atomic E-state index is 6.41. The van der Waals surface area contributed by atoms with Crippen molar-refractivity contribution >= 4 is 46.4 Å². The molecule has 0 bridgehead atoms. The second-order valence-corrected chi connectivity index (χ2v) is 8.46. The summed E-state index contributed by atoms with van der Waals surface area (Å²) in [6.45, 7) is 5.77. The van der Waals surface area contributed by atoms with Crippen LogP contribution in [0.15, 0.2) is 40.8 Å². The second kappa shape index (κ2) is 10.6. The molecule has 1 aromatic heterocycles. The number of piperazine rings is 1. The molecule has 2 fully saturated rings. The number of guanidine groups is 1. The third kappa shape index (κ3) is 5.17. The van der Waals surface area contributed by atoms with Crippen LogP contribution in [-0.2, 0) is 10.2 Å². The minimum absolute atomic E-state index is 0. The van der Waals surface area contributed by atoms with Gasteiger partial charge in [0.25, 0.3) is 0 Å². The van der Waals surface area contributed by atoms with Crippen LogP contribution < -0.4 is 15.4 Å². The number of aliphatic imine (C=N–C) groups is 1. The number of benzene rings is 1. The molecule has 2 aliphatic heterocycles. The van der Waals surface area contributed by atoms with Gasteiger partial charge in [0.1, 0.15) is 5.75 Å². The number of ether oxygens (including phenoxy) is 2. The molecule has 0 radical (unpaired) electrons. The molecule has 0 spiro atoms. The fourth-order valence-corrected chi connectivity index (χ4v) is 4.77. The van der Waals surface area contributed by atoms with Crippen LogP contribution in [0, 0.1) is 0 Å². The number of aromatic nitrogens is 1. The Morgan fingerprint density at radius 1 is 1.20 bits per heavy atom. The Hall–Kier alpha value is -1.59. The lowest BCUT2D eigenvalue weighted by atomic mass is 9.74. The lowest BCUT2D eigenvalue weighted by Crippen LogP contribution is -2.51. The molecule has 0 amide bonds. The topological polar surface area (TPSA) is 76.2 Å². The molecule has 0 aliphatic carbocycles. The van der Waals surface area contributed by atoms with Gasteiger partial charge in [-0.2, -0.15) is 0 Å². The van der Waals surface area contributed by atoms with Crippen LogP contribution in [0.25, 0.3) is 0 Å². The molecule has 164 valence electrons. The molecule has 9 heteroatoms. The van der Waals surface area contributed by atoms with Crippen LogP contribution in [0.4, 0.5) is 5.13 Å². The fraction of sp³-hybridized carbons (Fsp3) is 0.524. The number of halogens is 1. The standard InChI is InChI=1S/C21H29N5O2S.HI/c1-27-18-4-2-17(3-5-18)21(6-13-28-14-7-21)16-24-19(22)25-9-11-26(12-10-25)20-23-8-15-29-20;/h2-5,8,15H,6-7,9-14,16H2,1H3,(H2,22,24);1H. The number of nitrogens with two attached hydrogens (primary N) is 1. The van der Waals surface area contributed by atoms with Gasteiger partial charge in [0.2, 0.25) is 0 Å². The van der Waals surface area contributed by atoms with Crippen molar-refractivity contribution in [3.8, 4) is 5.75 Å². The summed E-state index contributed by atoms with van der Waals surface area (Å²) >= 11 is 1.68. The van der Waals surface area contributed by atoms with Crippen molar-refractivity contribution in [3.05, 3.63) is 41.4 Å². The summed E-state index contributed by atoms with van der Waals surface area (Å²) in [6, 6.07) is 8.36. The molecule has 2 saturated heterocycles. The molecular formula is C21H30IN5O2S. The van der Waals surface area contributed by atoms with Crippen LogP contribution in [0.1, 0.15) is 18.4 Å². The fourth-order valence-electron chi connectivity index (χ4n) is 4.08. The first-order chi connectivity index (χ1) is 14.2. The zero-order valence-corrected chi connectivity index (χ0v) is 20.5. The van der Waals surface area contributed by atoms with E-state index in [0.717, 1.165) is 63.1 Å². The molecule has 0 saturated carbocycles. The van der Waals surface area contributed by atoms with E-state index in [1.165, 1.54) is 5.56 Å². The summed E-state index contributed by atoms with van der Waals surface area (Å²) in [5.74, 6) is 1.51. The van der Waals surface area contributed by atoms with Crippen LogP contribution in [0.2, 0.25) is 0 Å². The Balaban J connectivity index is 0.00000256. The molecule has 2 N–H and O–H groups in total. The van der Waals surface area contributed by atoms with Crippen LogP contribution >= 0.6 is 35.3 Å². The van der Waals surface area contributed by atoms with Gasteiger partial charge in [-0.25, -0.2) is 4.98 Å². The molecule has 4 rings (SSSR count). The molecule has 0 unspecified atom stereocenters. The number of nitrogens with zero attached hydrogens (tertiary/aromatic N) is 4. The maximum Gasteiger partial charge on any atom is 0.191 e. The van der Waals surface area contributed by atoms with Gasteiger partial charge in [-0.3, -0.25) is 4.99 Å². The summed E-state index contributed by atoms with van der Waals surface area (Å²) in [4.78, 5) is 13.8. The first-order valence-corrected chi connectivity index (χ1v) is 11.0. The highest BCUT2D eigenvalue weighted by Crippen LogP contribution is 2.36. The normalized spacial score (nSPS) is 19.3. The molecule has 1 aromatic carbocycles. The number of anilines is 1. The van der Waals surface area contributed by atoms with Crippen molar-refractivity contribution in [1.29, 1.82) is 0 Å². The molecular weight excluding hydrogens is 513 g/mol. The average Bonchev–Trinajstić information content (AvgIpc) is 3.33. The van der Waals surface area contributed by atoms with E-state index in [9.17, 15) is 0 Å². The van der Waals surface area contributed by atoms with Crippen molar-refractivity contribution in [2.75, 3.05) is 57.9 Å². The minimum Gasteiger partial charge on any atom is -0.497 e. The summed E-state index contributed by atoms with van der Waals surface area (Å²) in [6.07, 6.45) is 3.76. The largest absolute Gasteiger partial charge is 0.497 e. The highest BCUT2D eigenvalue weighted by Gasteiger charge is 2.34. The predicted molar refractivity (Wildman–Crippen MR) is 133 cm³/mol. The van der Waals surface area contributed by atoms with Gasteiger partial charge in [-0.05, 0) is 30.5 Å². The summed E-state index contributed by atoms with van der Waals surface area (Å²) in [5.41, 5.74) is 7.66. The maximum atomic E-state index is 6.41. The molecule has 0 atom stereocenters. The van der Waals surface area contributed by atoms with Crippen molar-refractivity contribution in [2.24, 2.45) is 10.7 Å². The summed E-state index contributed by atoms with van der Waals surface area (Å²) < 4.78 is 11.0. The van der Waals surface area contributed by atoms with E-state index in [1.54, 1.807) is 18.4 Å². The van der Waals surface area contributed by atoms with Crippen LogP contribution in [0.5, 0.6) is 5.75 Å². The Bertz CT molecular complexity index is 801. The lowest BCUT2D eigenvalue weighted by molar-refractivity contribution is 0.0530. The van der Waals surface area contributed by atoms with Gasteiger partial charge in [0, 0.05) is 56.4 Å². The van der Waals surface area contributed by atoms with Crippen molar-refractivity contribution in [2.45, 2.75) is 18.3 Å². The van der Waals surface area contributed by atoms with Crippen molar-refractivity contribution < 1.29 is 9.47 Å². The molecule has 3 heterocycles. The Morgan fingerprint density at radius 3 is 2.50 bits per heavy atom. The van der Waals surface area contributed by atoms with Crippen molar-refractivity contribution in [3.63, 3.8) is 0 Å². The zero-order valence-electron chi connectivity index (χ0n) is 17.3. The van der Waals surface area contributed by atoms with Gasteiger partial charge < -0.3 is 25.0 Å². The highest BCUT2D eigenvalue weighted by atomic mass is 127. The quantitative estimate of drug-likeness (QED) is 0.355. The molecule has 2 aliphatic rings. The summed E-state index contributed by atoms with van der Waals surface area (Å²) in [7, 11) is 1.69. The SMILES string of the molecule is COc1ccc(C2(CN=C(N)N3CCN(c4nccs4)CC3)CCOCC2)cc1.I. The Morgan fingerprint density at radius 2 is 1.90 bits per heavy atom. The van der Waals surface area contributed by atoms with E-state index >= 15 is 0 Å². The van der Waals surface area contributed by atoms with Gasteiger partial charge in [0.15, 0.2) is 11.1 Å². The minimum atomic E-state index is -0.0299. The number of hydrogen-bond donors (Lipinski definition) is 1. The number of thiazole rings is 1. The molecule has 30 heavy (non-hydrogen) atoms. The second-order valence-electron chi connectivity index (χ2n) is 7.58. The number of rotatable bonds is 5. The van der Waals surface area contributed by atoms with Gasteiger partial charge in [0.05, 0.1) is 13.7 Å².